The standard InChI is InChI=1S/C49H78NO16.CH3.Y/c1-30-19-17-15-13-11-9-7-8-10-12-14-16-18-20-37(65-48-47(61)44(50(5)6)46(60)33(4)64-48)26-42-38(29-51)40(56)27-49(62,66-42)28-41(57)39(55)22-21-34(52)23-35(53)24-36(54)25-43(58)63-32(3)31(2)45(30)59;;/h7-8,10,12-20,30-42,44-48,52-57,59-62H,9,11,21-28H2,1-6H3;1H3;/q2*-1;/b8-7+,12-10+,15-13+,16-14+,19-17+,20-18+;;/t30-,31-,32-,33+,34+,35+,36+,37-,38+,39+,40-,41+,42-,44-,45+,46+,47-,48?,49-;;/m0../s1. The molecule has 0 aromatic rings. The van der Waals surface area contributed by atoms with Crippen molar-refractivity contribution in [2.45, 2.75) is 189 Å². The summed E-state index contributed by atoms with van der Waals surface area (Å²) < 4.78 is 23.6. The van der Waals surface area contributed by atoms with Gasteiger partial charge in [-0.25, -0.2) is 0 Å². The molecule has 10 N–H and O–H groups in total. The molecule has 18 heteroatoms. The Hall–Kier alpha value is -1.88. The summed E-state index contributed by atoms with van der Waals surface area (Å²) in [4.78, 5) is 26.5. The molecule has 0 aromatic heterocycles. The van der Waals surface area contributed by atoms with Gasteiger partial charge in [0.15, 0.2) is 12.1 Å². The van der Waals surface area contributed by atoms with Crippen molar-refractivity contribution in [3.8, 4) is 0 Å². The van der Waals surface area contributed by atoms with Crippen LogP contribution in [0.25, 0.3) is 0 Å². The fourth-order valence-corrected chi connectivity index (χ4v) is 8.50. The maximum Gasteiger partial charge on any atom is 0.308 e. The van der Waals surface area contributed by atoms with Crippen LogP contribution in [-0.2, 0) is 61.2 Å². The van der Waals surface area contributed by atoms with Crippen molar-refractivity contribution in [3.05, 3.63) is 80.3 Å². The zero-order valence-corrected chi connectivity index (χ0v) is 43.7. The minimum Gasteiger partial charge on any atom is -0.541 e. The Labute approximate surface area is 428 Å². The van der Waals surface area contributed by atoms with Gasteiger partial charge in [-0.3, -0.25) is 11.1 Å². The van der Waals surface area contributed by atoms with Crippen molar-refractivity contribution >= 4 is 12.3 Å². The first kappa shape index (κ1) is 64.1. The number of ether oxygens (including phenoxy) is 4. The van der Waals surface area contributed by atoms with Crippen molar-refractivity contribution in [1.82, 2.24) is 4.90 Å². The molecule has 2 bridgehead atoms. The molecule has 17 nitrogen and oxygen atoms in total. The smallest absolute Gasteiger partial charge is 0.308 e. The largest absolute Gasteiger partial charge is 0.541 e. The van der Waals surface area contributed by atoms with Crippen LogP contribution < -0.4 is 0 Å². The van der Waals surface area contributed by atoms with Crippen LogP contribution in [0.2, 0.25) is 0 Å². The summed E-state index contributed by atoms with van der Waals surface area (Å²) in [5.74, 6) is -4.91. The van der Waals surface area contributed by atoms with E-state index in [1.54, 1.807) is 70.4 Å². The zero-order chi connectivity index (χ0) is 49.1. The van der Waals surface area contributed by atoms with Crippen LogP contribution >= 0.6 is 0 Å². The number of carbonyl (C=O) groups is 1. The molecule has 387 valence electrons. The number of carbonyl (C=O) groups excluding carboxylic acids is 2. The van der Waals surface area contributed by atoms with Gasteiger partial charge in [0.1, 0.15) is 12.2 Å². The molecule has 0 spiro atoms. The number of allylic oxidation sites excluding steroid dienone is 10. The van der Waals surface area contributed by atoms with Crippen LogP contribution in [0.5, 0.6) is 0 Å². The number of esters is 1. The SMILES string of the molecule is C[C@@H]1[C@H](O)[C@@H](C)/C=C/C=C/CC/C=C/C=C/C=C/C=C/[C@H](OC2O[C@H](C)[C@@H](O)[C@H](N(C)C)[C@@H]2O)C[C@@H]2O[C@](O)(C[C@@H](O)[C@H](O)CC[C@@H](O)C[C@@H](O)C[C@@H](O)CC(=O)O[C@H]1C)C[C@H](O)[C@H]2[C-]=O.[CH3-].[Y]. The van der Waals surface area contributed by atoms with Crippen molar-refractivity contribution < 1.29 is 112 Å². The molecule has 3 rings (SSSR count). The third-order valence-electron chi connectivity index (χ3n) is 12.6. The Morgan fingerprint density at radius 1 is 0.691 bits per heavy atom. The second-order valence-corrected chi connectivity index (χ2v) is 18.5. The van der Waals surface area contributed by atoms with Gasteiger partial charge in [-0.2, -0.15) is 0 Å². The molecule has 68 heavy (non-hydrogen) atoms. The van der Waals surface area contributed by atoms with Gasteiger partial charge in [0.2, 0.25) is 0 Å². The average molecular weight is 1040 g/mol. The molecule has 19 atom stereocenters. The summed E-state index contributed by atoms with van der Waals surface area (Å²) in [6.07, 6.45) is 6.43. The molecule has 2 saturated heterocycles. The van der Waals surface area contributed by atoms with Crippen molar-refractivity contribution in [3.63, 3.8) is 0 Å². The van der Waals surface area contributed by atoms with E-state index in [1.165, 1.54) is 0 Å². The van der Waals surface area contributed by atoms with Crippen molar-refractivity contribution in [1.29, 1.82) is 0 Å². The Morgan fingerprint density at radius 2 is 1.26 bits per heavy atom. The van der Waals surface area contributed by atoms with Gasteiger partial charge in [-0.05, 0) is 66.5 Å². The number of cyclic esters (lactones) is 1. The number of fused-ring (bicyclic) bond motifs is 2. The van der Waals surface area contributed by atoms with Crippen molar-refractivity contribution in [2.75, 3.05) is 14.1 Å². The number of nitrogens with zero attached hydrogens (tertiary/aromatic N) is 1. The Bertz CT molecular complexity index is 1630. The quantitative estimate of drug-likeness (QED) is 0.143. The maximum absolute atomic E-state index is 12.6. The third kappa shape index (κ3) is 21.5. The predicted molar refractivity (Wildman–Crippen MR) is 251 cm³/mol. The summed E-state index contributed by atoms with van der Waals surface area (Å²) >= 11 is 0. The number of likely N-dealkylation sites (N-methyl/N-ethyl adjacent to an activating group) is 1. The fraction of sp³-hybridized carbons (Fsp3) is 0.700. The van der Waals surface area contributed by atoms with E-state index in [1.807, 2.05) is 55.5 Å². The van der Waals surface area contributed by atoms with E-state index in [2.05, 4.69) is 0 Å². The number of aliphatic hydroxyl groups excluding tert-OH is 9. The van der Waals surface area contributed by atoms with E-state index >= 15 is 0 Å². The van der Waals surface area contributed by atoms with Gasteiger partial charge in [-0.1, -0.05) is 92.7 Å². The first-order valence-electron chi connectivity index (χ1n) is 23.2. The number of aliphatic hydroxyl groups is 10. The van der Waals surface area contributed by atoms with Gasteiger partial charge in [0, 0.05) is 76.0 Å². The van der Waals surface area contributed by atoms with Gasteiger partial charge in [-0.15, -0.1) is 0 Å². The van der Waals surface area contributed by atoms with E-state index in [9.17, 15) is 60.7 Å². The van der Waals surface area contributed by atoms with Gasteiger partial charge in [0.25, 0.3) is 0 Å². The topological polar surface area (TPSA) is 277 Å². The summed E-state index contributed by atoms with van der Waals surface area (Å²) in [7, 11) is 3.39. The van der Waals surface area contributed by atoms with Gasteiger partial charge in [0.05, 0.1) is 67.4 Å². The van der Waals surface area contributed by atoms with Crippen molar-refractivity contribution in [2.24, 2.45) is 17.8 Å². The maximum atomic E-state index is 12.6. The molecule has 0 aliphatic carbocycles. The molecule has 1 unspecified atom stereocenters. The van der Waals surface area contributed by atoms with E-state index < -0.39 is 135 Å². The first-order valence-corrected chi connectivity index (χ1v) is 23.2. The molecule has 0 saturated carbocycles. The normalized spacial score (nSPS) is 43.5. The number of hydrogen-bond donors (Lipinski definition) is 10. The molecule has 3 aliphatic rings. The van der Waals surface area contributed by atoms with Crippen LogP contribution in [0, 0.1) is 25.2 Å². The van der Waals surface area contributed by atoms with Gasteiger partial charge >= 0.3 is 5.97 Å². The monoisotopic (exact) mass is 1040 g/mol. The molecule has 2 fully saturated rings. The molecule has 0 aromatic carbocycles. The van der Waals surface area contributed by atoms with Gasteiger partial charge < -0.3 is 87.1 Å². The predicted octanol–water partition coefficient (Wildman–Crippen LogP) is 2.01. The molecular formula is C50H81NO16Y-2. The van der Waals surface area contributed by atoms with Crippen LogP contribution in [0.15, 0.2) is 72.9 Å². The number of rotatable bonds is 4. The second kappa shape index (κ2) is 32.2. The Morgan fingerprint density at radius 3 is 1.90 bits per heavy atom. The average Bonchev–Trinajstić information content (AvgIpc) is 3.23. The number of hydrogen-bond acceptors (Lipinski definition) is 17. The summed E-state index contributed by atoms with van der Waals surface area (Å²) in [6, 6.07) is -0.756. The third-order valence-corrected chi connectivity index (χ3v) is 12.6. The van der Waals surface area contributed by atoms with Crippen LogP contribution in [-0.4, -0.2) is 180 Å². The van der Waals surface area contributed by atoms with Crippen LogP contribution in [0.1, 0.15) is 91.9 Å². The molecular weight excluding hydrogens is 959 g/mol. The summed E-state index contributed by atoms with van der Waals surface area (Å²) in [5, 5.41) is 109. The molecule has 3 heterocycles. The van der Waals surface area contributed by atoms with Crippen LogP contribution in [0.3, 0.4) is 0 Å². The van der Waals surface area contributed by atoms with E-state index in [4.69, 9.17) is 18.9 Å². The fourth-order valence-electron chi connectivity index (χ4n) is 8.50. The zero-order valence-electron chi connectivity index (χ0n) is 40.8. The minimum atomic E-state index is -2.25. The van der Waals surface area contributed by atoms with E-state index in [0.29, 0.717) is 0 Å². The molecule has 3 aliphatic heterocycles. The van der Waals surface area contributed by atoms with Crippen LogP contribution in [0.4, 0.5) is 0 Å². The first-order chi connectivity index (χ1) is 31.2. The summed E-state index contributed by atoms with van der Waals surface area (Å²) in [6.45, 7) is 6.92. The Kier molecular flexibility index (Phi) is 30.4. The van der Waals surface area contributed by atoms with E-state index in [0.717, 1.165) is 12.8 Å². The van der Waals surface area contributed by atoms with E-state index in [-0.39, 0.29) is 78.2 Å². The Balaban J connectivity index is 0.0000116. The second-order valence-electron chi connectivity index (χ2n) is 18.5. The molecule has 1 radical (unpaired) electrons. The summed E-state index contributed by atoms with van der Waals surface area (Å²) in [5.41, 5.74) is 0. The minimum absolute atomic E-state index is 0. The molecule has 0 amide bonds.